The van der Waals surface area contributed by atoms with Gasteiger partial charge in [0.25, 0.3) is 11.5 Å². The number of nitrogens with zero attached hydrogens (tertiary/aromatic N) is 4. The highest BCUT2D eigenvalue weighted by Crippen LogP contribution is 2.61. The Morgan fingerprint density at radius 2 is 1.80 bits per heavy atom. The Labute approximate surface area is 341 Å². The van der Waals surface area contributed by atoms with E-state index in [1.807, 2.05) is 0 Å². The molecule has 2 aliphatic heterocycles. The van der Waals surface area contributed by atoms with Crippen molar-refractivity contribution in [2.75, 3.05) is 32.1 Å². The lowest BCUT2D eigenvalue weighted by Crippen LogP contribution is -2.58. The summed E-state index contributed by atoms with van der Waals surface area (Å²) in [5.74, 6) is -0.385. The molecular weight excluding hydrogens is 864 g/mol. The van der Waals surface area contributed by atoms with Gasteiger partial charge in [-0.05, 0) is 37.5 Å². The monoisotopic (exact) mass is 905 g/mol. The van der Waals surface area contributed by atoms with Crippen molar-refractivity contribution in [3.8, 4) is 5.75 Å². The quantitative estimate of drug-likeness (QED) is 0.0166. The summed E-state index contributed by atoms with van der Waals surface area (Å²) in [6.07, 6.45) is -13.9. The number of oxime groups is 1. The molecule has 4 aromatic rings. The van der Waals surface area contributed by atoms with Gasteiger partial charge in [-0.3, -0.25) is 28.2 Å². The highest BCUT2D eigenvalue weighted by atomic mass is 31.3. The molecule has 11 N–H and O–H groups in total. The number of phosphoric acid groups is 2. The van der Waals surface area contributed by atoms with Gasteiger partial charge in [-0.1, -0.05) is 5.16 Å². The number of amides is 1. The van der Waals surface area contributed by atoms with Crippen molar-refractivity contribution < 1.29 is 86.1 Å². The number of hydrogen-bond donors (Lipinski definition) is 10. The minimum absolute atomic E-state index is 0.000436. The third kappa shape index (κ3) is 11.2. The first-order valence-electron chi connectivity index (χ1n) is 18.1. The summed E-state index contributed by atoms with van der Waals surface area (Å²) >= 11 is 0. The van der Waals surface area contributed by atoms with Crippen LogP contribution >= 0.6 is 15.6 Å². The molecular formula is C32H41N7O20P2. The van der Waals surface area contributed by atoms with Crippen LogP contribution in [-0.2, 0) is 41.6 Å². The number of aryl methyl sites for hydroxylation is 1. The Kier molecular flexibility index (Phi) is 14.4. The van der Waals surface area contributed by atoms with Gasteiger partial charge in [-0.15, -0.1) is 0 Å². The average Bonchev–Trinajstić information content (AvgIpc) is 3.73. The summed E-state index contributed by atoms with van der Waals surface area (Å²) in [5.41, 5.74) is 5.10. The van der Waals surface area contributed by atoms with Crippen LogP contribution in [0.5, 0.6) is 5.75 Å². The molecule has 1 amide bonds. The predicted octanol–water partition coefficient (Wildman–Crippen LogP) is -2.23. The van der Waals surface area contributed by atoms with Crippen molar-refractivity contribution in [3.05, 3.63) is 56.9 Å². The Bertz CT molecular complexity index is 2450. The van der Waals surface area contributed by atoms with Crippen LogP contribution in [0.15, 0.2) is 49.8 Å². The molecule has 0 spiro atoms. The van der Waals surface area contributed by atoms with Gasteiger partial charge >= 0.3 is 21.3 Å². The number of nitrogens with one attached hydrogen (secondary N) is 2. The van der Waals surface area contributed by atoms with Gasteiger partial charge in [0.05, 0.1) is 19.1 Å². The predicted molar refractivity (Wildman–Crippen MR) is 202 cm³/mol. The van der Waals surface area contributed by atoms with E-state index in [9.17, 15) is 58.8 Å². The first-order valence-corrected chi connectivity index (χ1v) is 21.0. The second kappa shape index (κ2) is 19.1. The second-order valence-corrected chi connectivity index (χ2v) is 16.5. The summed E-state index contributed by atoms with van der Waals surface area (Å²) < 4.78 is 61.4. The van der Waals surface area contributed by atoms with E-state index in [2.05, 4.69) is 38.8 Å². The number of aliphatic hydroxyl groups is 5. The van der Waals surface area contributed by atoms with Crippen molar-refractivity contribution in [3.63, 3.8) is 0 Å². The topological polar surface area (TPSA) is 402 Å². The molecule has 2 aliphatic rings. The van der Waals surface area contributed by atoms with Crippen LogP contribution in [0, 0.1) is 6.92 Å². The first kappa shape index (κ1) is 45.8. The number of carbonyl (C=O) groups excluding carboxylic acids is 1. The molecule has 29 heteroatoms. The second-order valence-electron chi connectivity index (χ2n) is 13.5. The van der Waals surface area contributed by atoms with E-state index >= 15 is 0 Å². The van der Waals surface area contributed by atoms with Crippen LogP contribution in [-0.4, -0.2) is 142 Å². The highest BCUT2D eigenvalue weighted by Gasteiger charge is 2.49. The van der Waals surface area contributed by atoms with Crippen molar-refractivity contribution in [1.82, 2.24) is 24.8 Å². The number of aromatic amines is 1. The molecule has 61 heavy (non-hydrogen) atoms. The van der Waals surface area contributed by atoms with Gasteiger partial charge in [0.15, 0.2) is 30.3 Å². The van der Waals surface area contributed by atoms with E-state index in [1.54, 1.807) is 19.1 Å². The molecule has 3 aromatic heterocycles. The number of imidazole rings is 1. The van der Waals surface area contributed by atoms with E-state index in [0.717, 1.165) is 28.1 Å². The van der Waals surface area contributed by atoms with E-state index in [-0.39, 0.29) is 36.9 Å². The Morgan fingerprint density at radius 1 is 1.03 bits per heavy atom. The number of hydrogen-bond acceptors (Lipinski definition) is 22. The zero-order valence-electron chi connectivity index (χ0n) is 31.6. The number of anilines is 1. The number of rotatable bonds is 18. The first-order chi connectivity index (χ1) is 28.8. The number of benzene rings is 1. The van der Waals surface area contributed by atoms with Gasteiger partial charge in [0, 0.05) is 24.1 Å². The van der Waals surface area contributed by atoms with Crippen LogP contribution in [0.25, 0.3) is 22.1 Å². The third-order valence-corrected chi connectivity index (χ3v) is 11.7. The smallest absolute Gasteiger partial charge is 0.483 e. The van der Waals surface area contributed by atoms with Crippen molar-refractivity contribution in [2.24, 2.45) is 5.16 Å². The molecule has 5 heterocycles. The number of H-pyrrole nitrogens is 1. The maximum absolute atomic E-state index is 12.7. The fourth-order valence-electron chi connectivity index (χ4n) is 6.05. The summed E-state index contributed by atoms with van der Waals surface area (Å²) in [6.45, 7) is 0.677. The third-order valence-electron chi connectivity index (χ3n) is 9.07. The van der Waals surface area contributed by atoms with Crippen LogP contribution in [0.1, 0.15) is 24.6 Å². The minimum atomic E-state index is -5.72. The zero-order valence-corrected chi connectivity index (χ0v) is 33.4. The summed E-state index contributed by atoms with van der Waals surface area (Å²) in [4.78, 5) is 71.4. The number of nitrogens with two attached hydrogens (primary N) is 1. The van der Waals surface area contributed by atoms with Gasteiger partial charge in [0.2, 0.25) is 5.95 Å². The molecule has 2 saturated heterocycles. The summed E-state index contributed by atoms with van der Waals surface area (Å²) in [5, 5.41) is 59.0. The molecule has 0 radical (unpaired) electrons. The number of aromatic nitrogens is 4. The molecule has 11 atom stereocenters. The lowest BCUT2D eigenvalue weighted by atomic mass is 10.00. The molecule has 0 bridgehead atoms. The normalized spacial score (nSPS) is 27.6. The van der Waals surface area contributed by atoms with Crippen molar-refractivity contribution in [2.45, 2.75) is 75.0 Å². The Morgan fingerprint density at radius 3 is 2.57 bits per heavy atom. The molecule has 6 rings (SSSR count). The van der Waals surface area contributed by atoms with Crippen LogP contribution in [0.2, 0.25) is 0 Å². The van der Waals surface area contributed by atoms with Gasteiger partial charge in [-0.25, -0.2) is 18.9 Å². The number of aliphatic hydroxyl groups excluding tert-OH is 5. The number of phosphoric ester groups is 2. The lowest BCUT2D eigenvalue weighted by Gasteiger charge is -2.38. The van der Waals surface area contributed by atoms with E-state index < -0.39 is 94.6 Å². The van der Waals surface area contributed by atoms with E-state index in [1.165, 1.54) is 12.1 Å². The number of nitrogen functional groups attached to an aromatic ring is 1. The summed E-state index contributed by atoms with van der Waals surface area (Å²) in [7, 11) is -11.3. The molecule has 0 aliphatic carbocycles. The summed E-state index contributed by atoms with van der Waals surface area (Å²) in [6, 6.07) is 6.23. The average molecular weight is 906 g/mol. The molecule has 0 saturated carbocycles. The SMILES string of the molecule is Cc1cc(=O)oc2cc(OCC(=O)NCCCCON=CC3OC(OP(=O)(O)OP(=O)(O)OCC4OC(n5cnc6c(=O)[nH]c(N)nc65)C(O)C4O)C(O)C(O)C3O)ccc12. The maximum atomic E-state index is 12.7. The number of fused-ring (bicyclic) bond motifs is 2. The fraction of sp³-hybridized carbons (Fsp3) is 0.500. The zero-order chi connectivity index (χ0) is 44.2. The number of unbranched alkanes of at least 4 members (excludes halogenated alkanes) is 1. The van der Waals surface area contributed by atoms with Crippen molar-refractivity contribution in [1.29, 1.82) is 0 Å². The molecule has 2 fully saturated rings. The number of ether oxygens (including phenoxy) is 3. The fourth-order valence-corrected chi connectivity index (χ4v) is 8.21. The van der Waals surface area contributed by atoms with Gasteiger partial charge in [0.1, 0.15) is 60.7 Å². The largest absolute Gasteiger partial charge is 0.484 e. The molecule has 11 unspecified atom stereocenters. The van der Waals surface area contributed by atoms with E-state index in [0.29, 0.717) is 24.2 Å². The van der Waals surface area contributed by atoms with Crippen LogP contribution < -0.4 is 27.0 Å². The molecule has 27 nitrogen and oxygen atoms in total. The maximum Gasteiger partial charge on any atom is 0.483 e. The highest BCUT2D eigenvalue weighted by molar-refractivity contribution is 7.61. The van der Waals surface area contributed by atoms with Gasteiger partial charge in [-0.2, -0.15) is 9.29 Å². The Balaban J connectivity index is 0.913. The van der Waals surface area contributed by atoms with E-state index in [4.69, 9.17) is 29.2 Å². The molecule has 334 valence electrons. The number of carbonyl (C=O) groups is 1. The van der Waals surface area contributed by atoms with Crippen molar-refractivity contribution >= 4 is 55.8 Å². The standard InChI is InChI=1S/C32H41N7O20P2/c1-14-8-21(41)55-17-9-15(4-5-16(14)17)52-12-20(40)34-6-2-3-7-53-36-10-18-23(42)25(44)27(46)31(57-18)58-61(50,51)59-60(48,49)54-11-19-24(43)26(45)30(56-19)39-13-35-22-28(39)37-32(33)38-29(22)47/h4-5,8-10,13,18-19,23-27,30-31,42-46H,2-3,6-7,11-12H2,1H3,(H,34,40)(H,48,49)(H,50,51)(H3,33,37,38,47). The Hall–Kier alpha value is -4.70. The van der Waals surface area contributed by atoms with Crippen LogP contribution in [0.4, 0.5) is 5.95 Å². The molecule has 1 aromatic carbocycles. The minimum Gasteiger partial charge on any atom is -0.484 e. The lowest BCUT2D eigenvalue weighted by molar-refractivity contribution is -0.259. The van der Waals surface area contributed by atoms with Gasteiger partial charge < -0.3 is 69.8 Å². The van der Waals surface area contributed by atoms with Crippen LogP contribution in [0.3, 0.4) is 0 Å².